The number of nitrogens with one attached hydrogen (secondary N) is 1. The van der Waals surface area contributed by atoms with Crippen LogP contribution >= 0.6 is 0 Å². The van der Waals surface area contributed by atoms with Crippen LogP contribution in [0.2, 0.25) is 0 Å². The molecule has 0 heterocycles. The Bertz CT molecular complexity index is 620. The summed E-state index contributed by atoms with van der Waals surface area (Å²) in [7, 11) is 3.25. The predicted octanol–water partition coefficient (Wildman–Crippen LogP) is 3.19. The molecule has 0 aromatic heterocycles. The van der Waals surface area contributed by atoms with Crippen molar-refractivity contribution in [2.24, 2.45) is 0 Å². The van der Waals surface area contributed by atoms with Crippen molar-refractivity contribution in [1.29, 1.82) is 0 Å². The van der Waals surface area contributed by atoms with Crippen LogP contribution in [0.3, 0.4) is 0 Å². The average Bonchev–Trinajstić information content (AvgIpc) is 2.48. The molecule has 0 unspecified atom stereocenters. The zero-order valence-corrected chi connectivity index (χ0v) is 12.5. The Morgan fingerprint density at radius 1 is 1.05 bits per heavy atom. The van der Waals surface area contributed by atoms with Crippen LogP contribution in [-0.2, 0) is 11.2 Å². The van der Waals surface area contributed by atoms with Crippen LogP contribution in [0.4, 0.5) is 5.69 Å². The molecule has 0 saturated heterocycles. The zero-order chi connectivity index (χ0) is 15.2. The number of methoxy groups -OCH3 is 2. The van der Waals surface area contributed by atoms with Crippen LogP contribution in [-0.4, -0.2) is 20.1 Å². The van der Waals surface area contributed by atoms with E-state index in [1.807, 2.05) is 49.4 Å². The molecular formula is C17H19NO3. The van der Waals surface area contributed by atoms with Crippen molar-refractivity contribution < 1.29 is 14.3 Å². The maximum Gasteiger partial charge on any atom is 0.228 e. The monoisotopic (exact) mass is 285 g/mol. The van der Waals surface area contributed by atoms with Crippen molar-refractivity contribution in [3.05, 3.63) is 53.6 Å². The van der Waals surface area contributed by atoms with E-state index >= 15 is 0 Å². The van der Waals surface area contributed by atoms with Gasteiger partial charge in [0.25, 0.3) is 0 Å². The standard InChI is InChI=1S/C17H19NO3/c1-12-10-14(6-9-16(12)21-3)18-17(19)11-13-4-7-15(20-2)8-5-13/h4-10H,11H2,1-3H3,(H,18,19). The van der Waals surface area contributed by atoms with Gasteiger partial charge in [-0.1, -0.05) is 12.1 Å². The Morgan fingerprint density at radius 3 is 2.33 bits per heavy atom. The fourth-order valence-electron chi connectivity index (χ4n) is 2.09. The van der Waals surface area contributed by atoms with Crippen molar-refractivity contribution in [3.63, 3.8) is 0 Å². The molecular weight excluding hydrogens is 266 g/mol. The van der Waals surface area contributed by atoms with E-state index in [2.05, 4.69) is 5.32 Å². The van der Waals surface area contributed by atoms with Gasteiger partial charge >= 0.3 is 0 Å². The van der Waals surface area contributed by atoms with E-state index in [1.165, 1.54) is 0 Å². The highest BCUT2D eigenvalue weighted by molar-refractivity contribution is 5.92. The Kier molecular flexibility index (Phi) is 4.82. The average molecular weight is 285 g/mol. The van der Waals surface area contributed by atoms with Crippen molar-refractivity contribution in [1.82, 2.24) is 0 Å². The summed E-state index contributed by atoms with van der Waals surface area (Å²) in [5, 5.41) is 2.89. The fraction of sp³-hybridized carbons (Fsp3) is 0.235. The second-order valence-corrected chi connectivity index (χ2v) is 4.76. The minimum atomic E-state index is -0.0512. The van der Waals surface area contributed by atoms with Crippen LogP contribution in [0.15, 0.2) is 42.5 Å². The first-order valence-electron chi connectivity index (χ1n) is 6.70. The van der Waals surface area contributed by atoms with Crippen LogP contribution in [0.5, 0.6) is 11.5 Å². The lowest BCUT2D eigenvalue weighted by Crippen LogP contribution is -2.14. The van der Waals surface area contributed by atoms with Crippen molar-refractivity contribution in [2.75, 3.05) is 19.5 Å². The number of hydrogen-bond acceptors (Lipinski definition) is 3. The summed E-state index contributed by atoms with van der Waals surface area (Å²) in [6.45, 7) is 1.94. The molecule has 0 bridgehead atoms. The molecule has 4 nitrogen and oxygen atoms in total. The number of carbonyl (C=O) groups excluding carboxylic acids is 1. The zero-order valence-electron chi connectivity index (χ0n) is 12.5. The van der Waals surface area contributed by atoms with Gasteiger partial charge in [0.1, 0.15) is 11.5 Å². The van der Waals surface area contributed by atoms with Crippen LogP contribution in [0.1, 0.15) is 11.1 Å². The summed E-state index contributed by atoms with van der Waals surface area (Å²) in [6.07, 6.45) is 0.328. The van der Waals surface area contributed by atoms with Crippen molar-refractivity contribution >= 4 is 11.6 Å². The maximum absolute atomic E-state index is 12.0. The molecule has 2 aromatic rings. The van der Waals surface area contributed by atoms with Crippen LogP contribution in [0.25, 0.3) is 0 Å². The van der Waals surface area contributed by atoms with Gasteiger partial charge in [-0.25, -0.2) is 0 Å². The van der Waals surface area contributed by atoms with E-state index in [0.717, 1.165) is 28.3 Å². The number of carbonyl (C=O) groups is 1. The normalized spacial score (nSPS) is 10.0. The number of ether oxygens (including phenoxy) is 2. The summed E-state index contributed by atoms with van der Waals surface area (Å²) in [5.41, 5.74) is 2.70. The van der Waals surface area contributed by atoms with Gasteiger partial charge in [0.05, 0.1) is 20.6 Å². The van der Waals surface area contributed by atoms with Gasteiger partial charge in [-0.2, -0.15) is 0 Å². The van der Waals surface area contributed by atoms with E-state index in [0.29, 0.717) is 6.42 Å². The molecule has 1 amide bonds. The minimum absolute atomic E-state index is 0.0512. The van der Waals surface area contributed by atoms with E-state index in [4.69, 9.17) is 9.47 Å². The van der Waals surface area contributed by atoms with Crippen molar-refractivity contribution in [2.45, 2.75) is 13.3 Å². The molecule has 0 fully saturated rings. The van der Waals surface area contributed by atoms with Crippen LogP contribution < -0.4 is 14.8 Å². The number of rotatable bonds is 5. The van der Waals surface area contributed by atoms with Crippen molar-refractivity contribution in [3.8, 4) is 11.5 Å². The van der Waals surface area contributed by atoms with Gasteiger partial charge in [-0.05, 0) is 48.4 Å². The van der Waals surface area contributed by atoms with Gasteiger partial charge in [-0.3, -0.25) is 4.79 Å². The summed E-state index contributed by atoms with van der Waals surface area (Å²) < 4.78 is 10.3. The predicted molar refractivity (Wildman–Crippen MR) is 83.1 cm³/mol. The van der Waals surface area contributed by atoms with Crippen LogP contribution in [0, 0.1) is 6.92 Å². The Balaban J connectivity index is 1.99. The quantitative estimate of drug-likeness (QED) is 0.917. The summed E-state index contributed by atoms with van der Waals surface area (Å²) >= 11 is 0. The summed E-state index contributed by atoms with van der Waals surface area (Å²) in [5.74, 6) is 1.54. The molecule has 0 radical (unpaired) electrons. The molecule has 110 valence electrons. The lowest BCUT2D eigenvalue weighted by molar-refractivity contribution is -0.115. The van der Waals surface area contributed by atoms with Gasteiger partial charge in [-0.15, -0.1) is 0 Å². The van der Waals surface area contributed by atoms with E-state index in [-0.39, 0.29) is 5.91 Å². The largest absolute Gasteiger partial charge is 0.497 e. The highest BCUT2D eigenvalue weighted by Crippen LogP contribution is 2.21. The second-order valence-electron chi connectivity index (χ2n) is 4.76. The van der Waals surface area contributed by atoms with E-state index < -0.39 is 0 Å². The van der Waals surface area contributed by atoms with Gasteiger partial charge in [0.15, 0.2) is 0 Å². The lowest BCUT2D eigenvalue weighted by atomic mass is 10.1. The number of hydrogen-bond donors (Lipinski definition) is 1. The number of benzene rings is 2. The maximum atomic E-state index is 12.0. The Labute approximate surface area is 124 Å². The first-order chi connectivity index (χ1) is 10.1. The highest BCUT2D eigenvalue weighted by atomic mass is 16.5. The smallest absolute Gasteiger partial charge is 0.228 e. The molecule has 2 aromatic carbocycles. The van der Waals surface area contributed by atoms with E-state index in [1.54, 1.807) is 14.2 Å². The minimum Gasteiger partial charge on any atom is -0.497 e. The van der Waals surface area contributed by atoms with Gasteiger partial charge < -0.3 is 14.8 Å². The van der Waals surface area contributed by atoms with Gasteiger partial charge in [0, 0.05) is 5.69 Å². The SMILES string of the molecule is COc1ccc(CC(=O)Nc2ccc(OC)c(C)c2)cc1. The third-order valence-corrected chi connectivity index (χ3v) is 3.20. The molecule has 21 heavy (non-hydrogen) atoms. The third kappa shape index (κ3) is 3.99. The molecule has 4 heteroatoms. The lowest BCUT2D eigenvalue weighted by Gasteiger charge is -2.09. The second kappa shape index (κ2) is 6.79. The Morgan fingerprint density at radius 2 is 1.76 bits per heavy atom. The topological polar surface area (TPSA) is 47.6 Å². The molecule has 0 aliphatic carbocycles. The third-order valence-electron chi connectivity index (χ3n) is 3.20. The molecule has 0 spiro atoms. The van der Waals surface area contributed by atoms with E-state index in [9.17, 15) is 4.79 Å². The summed E-state index contributed by atoms with van der Waals surface area (Å²) in [6, 6.07) is 13.0. The molecule has 0 saturated carbocycles. The molecule has 0 aliphatic heterocycles. The first kappa shape index (κ1) is 14.9. The fourth-order valence-corrected chi connectivity index (χ4v) is 2.09. The molecule has 0 aliphatic rings. The Hall–Kier alpha value is -2.49. The summed E-state index contributed by atoms with van der Waals surface area (Å²) in [4.78, 5) is 12.0. The molecule has 2 rings (SSSR count). The first-order valence-corrected chi connectivity index (χ1v) is 6.70. The number of amides is 1. The number of aryl methyl sites for hydroxylation is 1. The molecule has 0 atom stereocenters. The number of anilines is 1. The molecule has 1 N–H and O–H groups in total. The van der Waals surface area contributed by atoms with Gasteiger partial charge in [0.2, 0.25) is 5.91 Å². The highest BCUT2D eigenvalue weighted by Gasteiger charge is 2.06.